The number of aryl methyl sites for hydroxylation is 2. The van der Waals surface area contributed by atoms with Gasteiger partial charge in [-0.2, -0.15) is 5.10 Å². The average molecular weight is 163 g/mol. The first-order valence-electron chi connectivity index (χ1n) is 2.89. The van der Waals surface area contributed by atoms with Gasteiger partial charge in [0.25, 0.3) is 0 Å². The number of hydrogen-bond acceptors (Lipinski definition) is 1. The van der Waals surface area contributed by atoms with Crippen LogP contribution in [0.2, 0.25) is 0 Å². The Labute approximate surface area is 63.6 Å². The van der Waals surface area contributed by atoms with Crippen molar-refractivity contribution in [3.63, 3.8) is 0 Å². The Balaban J connectivity index is 3.03. The maximum atomic E-state index is 12.4. The lowest BCUT2D eigenvalue weighted by Gasteiger charge is -1.93. The molecule has 10 heavy (non-hydrogen) atoms. The van der Waals surface area contributed by atoms with Gasteiger partial charge in [0.2, 0.25) is 5.63 Å². The standard InChI is InChI=1S/C6H8ClFN2/c1-4-3-10(2)9-5(4)6(7)8/h3,6H,1-2H3. The molecule has 56 valence electrons. The second-order valence-electron chi connectivity index (χ2n) is 2.17. The van der Waals surface area contributed by atoms with Crippen LogP contribution in [-0.4, -0.2) is 9.78 Å². The molecule has 2 nitrogen and oxygen atoms in total. The average Bonchev–Trinajstić information content (AvgIpc) is 2.10. The van der Waals surface area contributed by atoms with E-state index < -0.39 is 5.63 Å². The number of nitrogens with zero attached hydrogens (tertiary/aromatic N) is 2. The minimum Gasteiger partial charge on any atom is -0.275 e. The van der Waals surface area contributed by atoms with Gasteiger partial charge in [-0.1, -0.05) is 11.6 Å². The zero-order valence-electron chi connectivity index (χ0n) is 5.81. The van der Waals surface area contributed by atoms with E-state index in [0.29, 0.717) is 5.69 Å². The van der Waals surface area contributed by atoms with Crippen molar-refractivity contribution in [3.05, 3.63) is 17.5 Å². The quantitative estimate of drug-likeness (QED) is 0.577. The Kier molecular flexibility index (Phi) is 1.94. The van der Waals surface area contributed by atoms with Gasteiger partial charge in [-0.15, -0.1) is 0 Å². The summed E-state index contributed by atoms with van der Waals surface area (Å²) >= 11 is 5.18. The number of hydrogen-bond donors (Lipinski definition) is 0. The summed E-state index contributed by atoms with van der Waals surface area (Å²) in [5, 5.41) is 3.82. The molecule has 1 aromatic rings. The second kappa shape index (κ2) is 2.58. The van der Waals surface area contributed by atoms with Crippen LogP contribution in [0, 0.1) is 6.92 Å². The predicted molar refractivity (Wildman–Crippen MR) is 37.6 cm³/mol. The Morgan fingerprint density at radius 1 is 1.80 bits per heavy atom. The number of aromatic nitrogens is 2. The summed E-state index contributed by atoms with van der Waals surface area (Å²) in [5.74, 6) is 0. The van der Waals surface area contributed by atoms with Crippen LogP contribution in [0.4, 0.5) is 4.39 Å². The molecule has 1 unspecified atom stereocenters. The molecule has 1 rings (SSSR count). The van der Waals surface area contributed by atoms with Crippen molar-refractivity contribution in [2.75, 3.05) is 0 Å². The molecule has 0 aromatic carbocycles. The first-order chi connectivity index (χ1) is 4.61. The van der Waals surface area contributed by atoms with Crippen molar-refractivity contribution in [2.45, 2.75) is 12.6 Å². The van der Waals surface area contributed by atoms with Crippen LogP contribution in [0.15, 0.2) is 6.20 Å². The molecule has 0 aliphatic carbocycles. The van der Waals surface area contributed by atoms with Crippen molar-refractivity contribution in [1.82, 2.24) is 9.78 Å². The van der Waals surface area contributed by atoms with Crippen molar-refractivity contribution in [3.8, 4) is 0 Å². The lowest BCUT2D eigenvalue weighted by atomic mass is 10.3. The Morgan fingerprint density at radius 2 is 2.40 bits per heavy atom. The van der Waals surface area contributed by atoms with Crippen LogP contribution in [0.5, 0.6) is 0 Å². The SMILES string of the molecule is Cc1cn(C)nc1C(F)Cl. The highest BCUT2D eigenvalue weighted by Gasteiger charge is 2.11. The molecule has 0 spiro atoms. The van der Waals surface area contributed by atoms with E-state index in [1.807, 2.05) is 0 Å². The van der Waals surface area contributed by atoms with Crippen LogP contribution in [0.3, 0.4) is 0 Å². The van der Waals surface area contributed by atoms with Crippen molar-refractivity contribution >= 4 is 11.6 Å². The van der Waals surface area contributed by atoms with E-state index in [1.54, 1.807) is 24.9 Å². The van der Waals surface area contributed by atoms with Gasteiger partial charge in [-0.3, -0.25) is 4.68 Å². The predicted octanol–water partition coefficient (Wildman–Crippen LogP) is 1.94. The zero-order chi connectivity index (χ0) is 7.72. The van der Waals surface area contributed by atoms with Crippen molar-refractivity contribution in [2.24, 2.45) is 7.05 Å². The van der Waals surface area contributed by atoms with E-state index in [1.165, 1.54) is 0 Å². The van der Waals surface area contributed by atoms with Gasteiger partial charge in [-0.25, -0.2) is 4.39 Å². The van der Waals surface area contributed by atoms with Crippen molar-refractivity contribution < 1.29 is 4.39 Å². The minimum absolute atomic E-state index is 0.309. The largest absolute Gasteiger partial charge is 0.275 e. The van der Waals surface area contributed by atoms with E-state index in [-0.39, 0.29) is 0 Å². The Bertz CT molecular complexity index is 232. The fourth-order valence-corrected chi connectivity index (χ4v) is 1.06. The molecule has 0 amide bonds. The minimum atomic E-state index is -1.48. The first-order valence-corrected chi connectivity index (χ1v) is 3.33. The molecule has 1 aromatic heterocycles. The zero-order valence-corrected chi connectivity index (χ0v) is 6.56. The first kappa shape index (κ1) is 7.54. The lowest BCUT2D eigenvalue weighted by molar-refractivity contribution is 0.446. The van der Waals surface area contributed by atoms with Gasteiger partial charge in [0, 0.05) is 13.2 Å². The van der Waals surface area contributed by atoms with E-state index in [9.17, 15) is 4.39 Å². The molecule has 0 aliphatic heterocycles. The molecule has 0 radical (unpaired) electrons. The van der Waals surface area contributed by atoms with Crippen LogP contribution < -0.4 is 0 Å². The van der Waals surface area contributed by atoms with Gasteiger partial charge in [0.15, 0.2) is 0 Å². The fourth-order valence-electron chi connectivity index (χ4n) is 0.840. The Morgan fingerprint density at radius 3 is 2.60 bits per heavy atom. The summed E-state index contributed by atoms with van der Waals surface area (Å²) in [7, 11) is 1.73. The summed E-state index contributed by atoms with van der Waals surface area (Å²) < 4.78 is 13.9. The molecule has 0 saturated carbocycles. The summed E-state index contributed by atoms with van der Waals surface area (Å²) in [4.78, 5) is 0. The summed E-state index contributed by atoms with van der Waals surface area (Å²) in [6, 6.07) is 0. The lowest BCUT2D eigenvalue weighted by Crippen LogP contribution is -1.90. The topological polar surface area (TPSA) is 17.8 Å². The van der Waals surface area contributed by atoms with Gasteiger partial charge in [0.05, 0.1) is 0 Å². The molecule has 0 fully saturated rings. The van der Waals surface area contributed by atoms with Gasteiger partial charge >= 0.3 is 0 Å². The smallest absolute Gasteiger partial charge is 0.217 e. The van der Waals surface area contributed by atoms with Crippen LogP contribution >= 0.6 is 11.6 Å². The van der Waals surface area contributed by atoms with Crippen LogP contribution in [0.1, 0.15) is 16.9 Å². The van der Waals surface area contributed by atoms with Crippen LogP contribution in [-0.2, 0) is 7.05 Å². The third-order valence-electron chi connectivity index (χ3n) is 1.26. The molecular formula is C6H8ClFN2. The second-order valence-corrected chi connectivity index (χ2v) is 2.55. The summed E-state index contributed by atoms with van der Waals surface area (Å²) in [6.45, 7) is 1.78. The fraction of sp³-hybridized carbons (Fsp3) is 0.500. The highest BCUT2D eigenvalue weighted by molar-refractivity contribution is 6.19. The number of halogens is 2. The molecule has 0 saturated heterocycles. The van der Waals surface area contributed by atoms with E-state index in [4.69, 9.17) is 11.6 Å². The van der Waals surface area contributed by atoms with E-state index in [0.717, 1.165) is 5.56 Å². The maximum Gasteiger partial charge on any atom is 0.217 e. The number of alkyl halides is 2. The van der Waals surface area contributed by atoms with E-state index in [2.05, 4.69) is 5.10 Å². The monoisotopic (exact) mass is 162 g/mol. The molecule has 0 N–H and O–H groups in total. The highest BCUT2D eigenvalue weighted by Crippen LogP contribution is 2.22. The molecule has 1 atom stereocenters. The Hall–Kier alpha value is -0.570. The molecular weight excluding hydrogens is 155 g/mol. The van der Waals surface area contributed by atoms with Crippen LogP contribution in [0.25, 0.3) is 0 Å². The molecule has 4 heteroatoms. The third kappa shape index (κ3) is 1.29. The number of rotatable bonds is 1. The highest BCUT2D eigenvalue weighted by atomic mass is 35.5. The maximum absolute atomic E-state index is 12.4. The van der Waals surface area contributed by atoms with Crippen molar-refractivity contribution in [1.29, 1.82) is 0 Å². The van der Waals surface area contributed by atoms with Gasteiger partial charge in [-0.05, 0) is 12.5 Å². The third-order valence-corrected chi connectivity index (χ3v) is 1.46. The summed E-state index contributed by atoms with van der Waals surface area (Å²) in [6.07, 6.45) is 1.73. The van der Waals surface area contributed by atoms with E-state index >= 15 is 0 Å². The molecule has 0 aliphatic rings. The molecule has 1 heterocycles. The summed E-state index contributed by atoms with van der Waals surface area (Å²) in [5.41, 5.74) is -0.393. The van der Waals surface area contributed by atoms with Gasteiger partial charge in [0.1, 0.15) is 5.69 Å². The normalized spacial score (nSPS) is 13.6. The van der Waals surface area contributed by atoms with Gasteiger partial charge < -0.3 is 0 Å². The molecule has 0 bridgehead atoms.